The van der Waals surface area contributed by atoms with E-state index in [1.54, 1.807) is 0 Å². The molecule has 4 atom stereocenters. The molecule has 4 heterocycles. The van der Waals surface area contributed by atoms with Crippen LogP contribution in [0.15, 0.2) is 28.8 Å². The Morgan fingerprint density at radius 3 is 2.74 bits per heavy atom. The summed E-state index contributed by atoms with van der Waals surface area (Å²) in [4.78, 5) is 30.0. The zero-order chi connectivity index (χ0) is 21.4. The summed E-state index contributed by atoms with van der Waals surface area (Å²) < 4.78 is 11.8. The van der Waals surface area contributed by atoms with Gasteiger partial charge in [-0.3, -0.25) is 9.59 Å². The van der Waals surface area contributed by atoms with Crippen LogP contribution in [0, 0.1) is 17.3 Å². The zero-order valence-corrected chi connectivity index (χ0v) is 17.6. The molecule has 1 aliphatic carbocycles. The van der Waals surface area contributed by atoms with Crippen molar-refractivity contribution in [2.75, 3.05) is 32.8 Å². The molecule has 0 unspecified atom stereocenters. The van der Waals surface area contributed by atoms with E-state index < -0.39 is 5.60 Å². The third kappa shape index (κ3) is 2.84. The first-order chi connectivity index (χ1) is 14.9. The van der Waals surface area contributed by atoms with Gasteiger partial charge in [-0.2, -0.15) is 0 Å². The van der Waals surface area contributed by atoms with Gasteiger partial charge in [-0.05, 0) is 25.0 Å². The number of morpholine rings is 1. The van der Waals surface area contributed by atoms with Gasteiger partial charge in [0.25, 0.3) is 0 Å². The van der Waals surface area contributed by atoms with Crippen LogP contribution in [-0.2, 0) is 20.7 Å². The third-order valence-electron chi connectivity index (χ3n) is 7.93. The van der Waals surface area contributed by atoms with Crippen molar-refractivity contribution >= 4 is 22.8 Å². The van der Waals surface area contributed by atoms with Crippen molar-refractivity contribution in [1.82, 2.24) is 15.0 Å². The predicted molar refractivity (Wildman–Crippen MR) is 110 cm³/mol. The zero-order valence-electron chi connectivity index (χ0n) is 17.6. The number of carbonyl (C=O) groups is 2. The average molecular weight is 425 g/mol. The van der Waals surface area contributed by atoms with Crippen molar-refractivity contribution in [3.8, 4) is 0 Å². The quantitative estimate of drug-likeness (QED) is 0.791. The average Bonchev–Trinajstić information content (AvgIpc) is 3.16. The lowest BCUT2D eigenvalue weighted by molar-refractivity contribution is -0.155. The monoisotopic (exact) mass is 425 g/mol. The summed E-state index contributed by atoms with van der Waals surface area (Å²) in [5.74, 6) is 0.156. The molecule has 3 saturated heterocycles. The van der Waals surface area contributed by atoms with Gasteiger partial charge in [0.2, 0.25) is 11.8 Å². The summed E-state index contributed by atoms with van der Waals surface area (Å²) in [5, 5.41) is 15.1. The van der Waals surface area contributed by atoms with Crippen molar-refractivity contribution < 1.29 is 24.0 Å². The van der Waals surface area contributed by atoms with E-state index in [-0.39, 0.29) is 48.2 Å². The van der Waals surface area contributed by atoms with Crippen LogP contribution >= 0.6 is 0 Å². The molecule has 4 fully saturated rings. The largest absolute Gasteiger partial charge is 0.396 e. The summed E-state index contributed by atoms with van der Waals surface area (Å²) in [5.41, 5.74) is 0.488. The van der Waals surface area contributed by atoms with Crippen molar-refractivity contribution in [3.05, 3.63) is 30.0 Å². The van der Waals surface area contributed by atoms with Crippen molar-refractivity contribution in [1.29, 1.82) is 0 Å². The maximum Gasteiger partial charge on any atom is 0.228 e. The Balaban J connectivity index is 1.23. The highest BCUT2D eigenvalue weighted by Crippen LogP contribution is 2.52. The molecule has 1 saturated carbocycles. The smallest absolute Gasteiger partial charge is 0.228 e. The third-order valence-corrected chi connectivity index (χ3v) is 7.93. The van der Waals surface area contributed by atoms with E-state index in [2.05, 4.69) is 5.16 Å². The lowest BCUT2D eigenvalue weighted by Gasteiger charge is -2.40. The number of nitrogens with zero attached hydrogens (tertiary/aromatic N) is 3. The number of likely N-dealkylation sites (tertiary alicyclic amines) is 2. The van der Waals surface area contributed by atoms with Crippen LogP contribution in [0.3, 0.4) is 0 Å². The molecule has 2 amide bonds. The van der Waals surface area contributed by atoms with Gasteiger partial charge in [0.1, 0.15) is 11.3 Å². The van der Waals surface area contributed by atoms with Crippen LogP contribution in [0.1, 0.15) is 25.5 Å². The second kappa shape index (κ2) is 6.53. The maximum absolute atomic E-state index is 13.2. The Labute approximate surface area is 180 Å². The Hall–Kier alpha value is -2.45. The Morgan fingerprint density at radius 1 is 1.19 bits per heavy atom. The number of fused-ring (bicyclic) bond motifs is 2. The molecule has 4 aliphatic rings. The van der Waals surface area contributed by atoms with Gasteiger partial charge in [0.05, 0.1) is 25.6 Å². The number of benzene rings is 1. The molecular formula is C23H27N3O5. The topological polar surface area (TPSA) is 96.1 Å². The van der Waals surface area contributed by atoms with Crippen molar-refractivity contribution in [2.45, 2.75) is 37.9 Å². The molecule has 1 spiro atoms. The highest BCUT2D eigenvalue weighted by Gasteiger charge is 2.64. The number of rotatable bonds is 4. The fraction of sp³-hybridized carbons (Fsp3) is 0.609. The fourth-order valence-corrected chi connectivity index (χ4v) is 5.88. The highest BCUT2D eigenvalue weighted by molar-refractivity contribution is 5.87. The summed E-state index contributed by atoms with van der Waals surface area (Å²) in [6, 6.07) is 7.53. The SMILES string of the molecule is CC1(C(=O)N2C[C@@H]3[C@H](CO)[C@H]4CN(C(=O)Cc5noc6ccccc56)C[C@]3(C2)O4)CC1. The predicted octanol–water partition coefficient (Wildman–Crippen LogP) is 1.22. The molecule has 3 aliphatic heterocycles. The van der Waals surface area contributed by atoms with E-state index in [0.717, 1.165) is 18.2 Å². The maximum atomic E-state index is 13.2. The molecule has 2 aromatic rings. The molecule has 8 heteroatoms. The number of aliphatic hydroxyl groups excluding tert-OH is 1. The number of carbonyl (C=O) groups excluding carboxylic acids is 2. The van der Waals surface area contributed by atoms with Gasteiger partial charge in [0.15, 0.2) is 5.58 Å². The first kappa shape index (κ1) is 19.3. The summed E-state index contributed by atoms with van der Waals surface area (Å²) in [6.07, 6.45) is 1.83. The van der Waals surface area contributed by atoms with Gasteiger partial charge in [-0.25, -0.2) is 0 Å². The lowest BCUT2D eigenvalue weighted by Crippen LogP contribution is -2.56. The van der Waals surface area contributed by atoms with Crippen LogP contribution in [0.25, 0.3) is 11.0 Å². The number of amides is 2. The van der Waals surface area contributed by atoms with Gasteiger partial charge >= 0.3 is 0 Å². The Kier molecular flexibility index (Phi) is 4.05. The molecular weight excluding hydrogens is 398 g/mol. The highest BCUT2D eigenvalue weighted by atomic mass is 16.5. The first-order valence-electron chi connectivity index (χ1n) is 11.1. The summed E-state index contributed by atoms with van der Waals surface area (Å²) in [7, 11) is 0. The molecule has 1 aromatic heterocycles. The summed E-state index contributed by atoms with van der Waals surface area (Å²) >= 11 is 0. The summed E-state index contributed by atoms with van der Waals surface area (Å²) in [6.45, 7) is 4.03. The molecule has 8 nitrogen and oxygen atoms in total. The van der Waals surface area contributed by atoms with Crippen LogP contribution in [-0.4, -0.2) is 76.4 Å². The van der Waals surface area contributed by atoms with E-state index in [1.165, 1.54) is 0 Å². The Morgan fingerprint density at radius 2 is 1.97 bits per heavy atom. The van der Waals surface area contributed by atoms with Crippen LogP contribution in [0.4, 0.5) is 0 Å². The van der Waals surface area contributed by atoms with Crippen LogP contribution in [0.5, 0.6) is 0 Å². The number of ether oxygens (including phenoxy) is 1. The van der Waals surface area contributed by atoms with E-state index >= 15 is 0 Å². The minimum absolute atomic E-state index is 0.00629. The minimum atomic E-state index is -0.585. The first-order valence-corrected chi connectivity index (χ1v) is 11.1. The fourth-order valence-electron chi connectivity index (χ4n) is 5.88. The minimum Gasteiger partial charge on any atom is -0.396 e. The molecule has 1 aromatic carbocycles. The standard InChI is InChI=1S/C23H27N3O5/c1-22(6-7-22)21(29)26-9-16-15(11-27)19-10-25(12-23(16,13-26)30-19)20(28)8-17-14-4-2-3-5-18(14)31-24-17/h2-5,15-16,19,27H,6-13H2,1H3/t15-,16+,19+,23+/m0/s1. The van der Waals surface area contributed by atoms with Crippen molar-refractivity contribution in [2.24, 2.45) is 17.3 Å². The molecule has 164 valence electrons. The van der Waals surface area contributed by atoms with Gasteiger partial charge in [0, 0.05) is 42.3 Å². The molecule has 2 bridgehead atoms. The number of hydrogen-bond acceptors (Lipinski definition) is 6. The van der Waals surface area contributed by atoms with Gasteiger partial charge in [-0.15, -0.1) is 0 Å². The Bertz CT molecular complexity index is 1060. The van der Waals surface area contributed by atoms with Gasteiger partial charge in [-0.1, -0.05) is 24.2 Å². The number of hydrogen-bond donors (Lipinski definition) is 1. The van der Waals surface area contributed by atoms with E-state index in [1.807, 2.05) is 41.0 Å². The molecule has 0 radical (unpaired) electrons. The second-order valence-corrected chi connectivity index (χ2v) is 10.00. The number of para-hydroxylation sites is 1. The molecule has 1 N–H and O–H groups in total. The van der Waals surface area contributed by atoms with E-state index in [9.17, 15) is 14.7 Å². The molecule has 31 heavy (non-hydrogen) atoms. The lowest BCUT2D eigenvalue weighted by atomic mass is 9.83. The van der Waals surface area contributed by atoms with Crippen molar-refractivity contribution in [3.63, 3.8) is 0 Å². The van der Waals surface area contributed by atoms with Gasteiger partial charge < -0.3 is 24.2 Å². The normalized spacial score (nSPS) is 33.0. The van der Waals surface area contributed by atoms with Crippen LogP contribution < -0.4 is 0 Å². The van der Waals surface area contributed by atoms with E-state index in [4.69, 9.17) is 9.26 Å². The van der Waals surface area contributed by atoms with E-state index in [0.29, 0.717) is 37.5 Å². The van der Waals surface area contributed by atoms with Crippen LogP contribution in [0.2, 0.25) is 0 Å². The molecule has 6 rings (SSSR count). The second-order valence-electron chi connectivity index (χ2n) is 10.00. The number of aliphatic hydroxyl groups is 1. The number of aromatic nitrogens is 1.